The Morgan fingerprint density at radius 2 is 1.95 bits per heavy atom. The van der Waals surface area contributed by atoms with E-state index in [-0.39, 0.29) is 15.8 Å². The van der Waals surface area contributed by atoms with Gasteiger partial charge in [0.25, 0.3) is 0 Å². The third-order valence-electron chi connectivity index (χ3n) is 3.79. The van der Waals surface area contributed by atoms with Gasteiger partial charge in [-0.05, 0) is 23.8 Å². The Morgan fingerprint density at radius 1 is 1.29 bits per heavy atom. The summed E-state index contributed by atoms with van der Waals surface area (Å²) in [4.78, 5) is 16.9. The lowest BCUT2D eigenvalue weighted by molar-refractivity contribution is -0.111. The molecule has 1 heterocycles. The Morgan fingerprint density at radius 3 is 2.62 bits per heavy atom. The van der Waals surface area contributed by atoms with Crippen molar-refractivity contribution >= 4 is 53.0 Å². The maximum Gasteiger partial charge on any atom is 0.216 e. The number of carbonyl (C=O) groups is 1. The molecule has 1 N–H and O–H groups in total. The largest absolute Gasteiger partial charge is 0.507 e. The van der Waals surface area contributed by atoms with Crippen molar-refractivity contribution in [2.45, 2.75) is 24.2 Å². The number of carbonyl (C=O) groups excluding carboxylic acids is 1. The van der Waals surface area contributed by atoms with Crippen molar-refractivity contribution in [3.05, 3.63) is 39.4 Å². The fourth-order valence-corrected chi connectivity index (χ4v) is 3.56. The minimum Gasteiger partial charge on any atom is -0.507 e. The van der Waals surface area contributed by atoms with Crippen LogP contribution in [0.25, 0.3) is 0 Å². The number of allylic oxidation sites excluding steroid dienone is 4. The van der Waals surface area contributed by atoms with Crippen molar-refractivity contribution in [2.75, 3.05) is 0 Å². The number of halogens is 2. The molecule has 1 aromatic carbocycles. The van der Waals surface area contributed by atoms with Crippen molar-refractivity contribution in [1.82, 2.24) is 0 Å². The first kappa shape index (κ1) is 14.7. The van der Waals surface area contributed by atoms with Gasteiger partial charge in [0.2, 0.25) is 5.78 Å². The minimum absolute atomic E-state index is 0.0478. The first-order chi connectivity index (χ1) is 9.73. The van der Waals surface area contributed by atoms with E-state index in [1.165, 1.54) is 6.08 Å². The molecule has 2 aliphatic rings. The molecule has 0 bridgehead atoms. The van der Waals surface area contributed by atoms with Crippen LogP contribution in [0.3, 0.4) is 0 Å². The van der Waals surface area contributed by atoms with Gasteiger partial charge in [0.1, 0.15) is 5.75 Å². The molecule has 0 spiro atoms. The Labute approximate surface area is 137 Å². The molecule has 21 heavy (non-hydrogen) atoms. The van der Waals surface area contributed by atoms with Gasteiger partial charge >= 0.3 is 0 Å². The Bertz CT molecular complexity index is 791. The summed E-state index contributed by atoms with van der Waals surface area (Å²) in [5.41, 5.74) is 2.08. The zero-order valence-corrected chi connectivity index (χ0v) is 13.6. The molecular formula is C15H11Cl2NO2S. The van der Waals surface area contributed by atoms with Crippen LogP contribution < -0.4 is 0 Å². The molecule has 1 aliphatic carbocycles. The standard InChI is InChI=1S/C15H11Cl2NO2S/c1-15(2)6-3-10(19)11(21)5-8(6)18-9-4-7(16)14(20)13(17)12(9)15/h3-5,19,21H,1-2H3. The van der Waals surface area contributed by atoms with E-state index in [4.69, 9.17) is 23.2 Å². The topological polar surface area (TPSA) is 49.7 Å². The minimum atomic E-state index is -0.577. The summed E-state index contributed by atoms with van der Waals surface area (Å²) < 4.78 is 0. The Balaban J connectivity index is 2.37. The highest BCUT2D eigenvalue weighted by Crippen LogP contribution is 2.48. The molecule has 0 aromatic heterocycles. The van der Waals surface area contributed by atoms with Gasteiger partial charge in [-0.1, -0.05) is 37.0 Å². The second-order valence-corrected chi connectivity index (χ2v) is 6.76. The average molecular weight is 340 g/mol. The Hall–Kier alpha value is -1.23. The van der Waals surface area contributed by atoms with Gasteiger partial charge in [0.15, 0.2) is 0 Å². The van der Waals surface area contributed by atoms with E-state index in [9.17, 15) is 9.90 Å². The van der Waals surface area contributed by atoms with Gasteiger partial charge in [-0.3, -0.25) is 4.79 Å². The maximum atomic E-state index is 12.0. The molecule has 0 saturated heterocycles. The molecule has 3 rings (SSSR count). The highest BCUT2D eigenvalue weighted by atomic mass is 35.5. The van der Waals surface area contributed by atoms with E-state index in [1.54, 1.807) is 12.1 Å². The summed E-state index contributed by atoms with van der Waals surface area (Å²) in [6.45, 7) is 3.85. The van der Waals surface area contributed by atoms with Crippen LogP contribution in [-0.2, 0) is 10.2 Å². The monoisotopic (exact) mass is 339 g/mol. The fraction of sp³-hybridized carbons (Fsp3) is 0.200. The number of aromatic hydroxyl groups is 1. The summed E-state index contributed by atoms with van der Waals surface area (Å²) in [6, 6.07) is 3.30. The molecule has 0 atom stereocenters. The average Bonchev–Trinajstić information content (AvgIpc) is 2.38. The van der Waals surface area contributed by atoms with Gasteiger partial charge in [0.05, 0.1) is 21.5 Å². The Kier molecular flexibility index (Phi) is 3.24. The normalized spacial score (nSPS) is 19.8. The van der Waals surface area contributed by atoms with E-state index in [0.717, 1.165) is 5.56 Å². The number of phenolic OH excluding ortho intramolecular Hbond substituents is 1. The second-order valence-electron chi connectivity index (χ2n) is 5.49. The molecule has 108 valence electrons. The number of aliphatic imine (C=N–C) groups is 1. The van der Waals surface area contributed by atoms with Crippen LogP contribution in [0.2, 0.25) is 0 Å². The number of rotatable bonds is 0. The summed E-state index contributed by atoms with van der Waals surface area (Å²) in [7, 11) is 0. The number of fused-ring (bicyclic) bond motifs is 2. The number of benzene rings is 1. The van der Waals surface area contributed by atoms with E-state index < -0.39 is 11.2 Å². The molecule has 0 fully saturated rings. The number of ketones is 1. The van der Waals surface area contributed by atoms with Gasteiger partial charge < -0.3 is 5.11 Å². The fourth-order valence-electron chi connectivity index (χ4n) is 2.69. The van der Waals surface area contributed by atoms with Crippen LogP contribution in [0.5, 0.6) is 5.75 Å². The van der Waals surface area contributed by atoms with E-state index in [2.05, 4.69) is 17.6 Å². The zero-order chi connectivity index (χ0) is 15.5. The molecule has 1 aromatic rings. The van der Waals surface area contributed by atoms with Gasteiger partial charge in [-0.15, -0.1) is 12.6 Å². The lowest BCUT2D eigenvalue weighted by Gasteiger charge is -2.36. The summed E-state index contributed by atoms with van der Waals surface area (Å²) >= 11 is 16.3. The van der Waals surface area contributed by atoms with Crippen LogP contribution >= 0.6 is 35.8 Å². The van der Waals surface area contributed by atoms with Crippen LogP contribution in [0.15, 0.2) is 43.7 Å². The number of hydrogen-bond donors (Lipinski definition) is 2. The lowest BCUT2D eigenvalue weighted by atomic mass is 9.71. The highest BCUT2D eigenvalue weighted by molar-refractivity contribution is 7.80. The molecule has 3 nitrogen and oxygen atoms in total. The van der Waals surface area contributed by atoms with Crippen LogP contribution in [0.4, 0.5) is 5.69 Å². The molecule has 1 aliphatic heterocycles. The zero-order valence-electron chi connectivity index (χ0n) is 11.2. The number of Topliss-reactive ketones (excluding diaryl/α,β-unsaturated/α-hetero) is 1. The number of thiol groups is 1. The van der Waals surface area contributed by atoms with Crippen molar-refractivity contribution in [1.29, 1.82) is 0 Å². The molecule has 0 radical (unpaired) electrons. The smallest absolute Gasteiger partial charge is 0.216 e. The molecule has 0 amide bonds. The summed E-state index contributed by atoms with van der Waals surface area (Å²) in [5, 5.41) is 10.0. The molecule has 0 saturated carbocycles. The highest BCUT2D eigenvalue weighted by Gasteiger charge is 2.40. The van der Waals surface area contributed by atoms with Crippen molar-refractivity contribution in [3.8, 4) is 5.75 Å². The predicted octanol–water partition coefficient (Wildman–Crippen LogP) is 4.24. The second kappa shape index (κ2) is 4.63. The van der Waals surface area contributed by atoms with E-state index in [0.29, 0.717) is 21.9 Å². The van der Waals surface area contributed by atoms with Crippen LogP contribution in [0, 0.1) is 0 Å². The first-order valence-electron chi connectivity index (χ1n) is 6.21. The molecule has 0 unspecified atom stereocenters. The SMILES string of the molecule is CC1(C)C2=C(Cl)C(=O)C(Cl)=CC2=Nc2cc(S)c(O)cc21. The first-order valence-corrected chi connectivity index (χ1v) is 7.41. The van der Waals surface area contributed by atoms with Crippen LogP contribution in [0.1, 0.15) is 19.4 Å². The summed E-state index contributed by atoms with van der Waals surface area (Å²) in [5.74, 6) is -0.338. The quantitative estimate of drug-likeness (QED) is 0.548. The predicted molar refractivity (Wildman–Crippen MR) is 87.3 cm³/mol. The van der Waals surface area contributed by atoms with Crippen LogP contribution in [-0.4, -0.2) is 16.6 Å². The number of hydrogen-bond acceptors (Lipinski definition) is 4. The van der Waals surface area contributed by atoms with Crippen molar-refractivity contribution in [3.63, 3.8) is 0 Å². The van der Waals surface area contributed by atoms with Gasteiger partial charge in [0, 0.05) is 15.9 Å². The van der Waals surface area contributed by atoms with Crippen molar-refractivity contribution in [2.24, 2.45) is 4.99 Å². The number of phenols is 1. The van der Waals surface area contributed by atoms with Gasteiger partial charge in [-0.25, -0.2) is 4.99 Å². The van der Waals surface area contributed by atoms with E-state index in [1.807, 2.05) is 13.8 Å². The molecular weight excluding hydrogens is 329 g/mol. The number of nitrogens with zero attached hydrogens (tertiary/aromatic N) is 1. The third kappa shape index (κ3) is 2.05. The maximum absolute atomic E-state index is 12.0. The lowest BCUT2D eigenvalue weighted by Crippen LogP contribution is -2.32. The van der Waals surface area contributed by atoms with E-state index >= 15 is 0 Å². The van der Waals surface area contributed by atoms with Gasteiger partial charge in [-0.2, -0.15) is 0 Å². The molecule has 6 heteroatoms. The van der Waals surface area contributed by atoms with Crippen molar-refractivity contribution < 1.29 is 9.90 Å². The summed E-state index contributed by atoms with van der Waals surface area (Å²) in [6.07, 6.45) is 1.53. The third-order valence-corrected chi connectivity index (χ3v) is 4.79.